The summed E-state index contributed by atoms with van der Waals surface area (Å²) in [5.74, 6) is -0.809. The van der Waals surface area contributed by atoms with Crippen molar-refractivity contribution in [3.63, 3.8) is 0 Å². The maximum atomic E-state index is 13.1. The number of thiazole rings is 1. The third kappa shape index (κ3) is 5.91. The first-order valence-corrected chi connectivity index (χ1v) is 11.5. The molecule has 0 spiro atoms. The first-order valence-electron chi connectivity index (χ1n) is 10.7. The van der Waals surface area contributed by atoms with Gasteiger partial charge in [0.25, 0.3) is 0 Å². The Labute approximate surface area is 199 Å². The molecule has 34 heavy (non-hydrogen) atoms. The molecule has 0 unspecified atom stereocenters. The van der Waals surface area contributed by atoms with Gasteiger partial charge in [0.2, 0.25) is 11.8 Å². The van der Waals surface area contributed by atoms with E-state index in [0.29, 0.717) is 5.69 Å². The number of anilines is 3. The normalized spacial score (nSPS) is 11.6. The van der Waals surface area contributed by atoms with Crippen LogP contribution < -0.4 is 10.2 Å². The van der Waals surface area contributed by atoms with Gasteiger partial charge in [0.15, 0.2) is 5.13 Å². The highest BCUT2D eigenvalue weighted by Crippen LogP contribution is 2.35. The van der Waals surface area contributed by atoms with Gasteiger partial charge in [-0.2, -0.15) is 13.2 Å². The highest BCUT2D eigenvalue weighted by molar-refractivity contribution is 7.14. The van der Waals surface area contributed by atoms with E-state index < -0.39 is 17.6 Å². The topological polar surface area (TPSA) is 62.3 Å². The van der Waals surface area contributed by atoms with Crippen molar-refractivity contribution in [1.82, 2.24) is 4.98 Å². The molecule has 0 atom stereocenters. The second-order valence-electron chi connectivity index (χ2n) is 7.44. The number of carbonyl (C=O) groups is 2. The Morgan fingerprint density at radius 1 is 1.09 bits per heavy atom. The summed E-state index contributed by atoms with van der Waals surface area (Å²) in [6, 6.07) is 10.4. The molecule has 0 bridgehead atoms. The first kappa shape index (κ1) is 25.2. The molecular formula is C25H24F3N3O2S. The molecule has 3 rings (SSSR count). The molecule has 0 saturated heterocycles. The van der Waals surface area contributed by atoms with E-state index in [1.165, 1.54) is 31.2 Å². The van der Waals surface area contributed by atoms with Crippen molar-refractivity contribution in [3.05, 3.63) is 76.3 Å². The van der Waals surface area contributed by atoms with Gasteiger partial charge in [0, 0.05) is 24.1 Å². The van der Waals surface area contributed by atoms with Crippen molar-refractivity contribution in [2.75, 3.05) is 10.2 Å². The second-order valence-corrected chi connectivity index (χ2v) is 8.27. The van der Waals surface area contributed by atoms with Gasteiger partial charge in [-0.25, -0.2) is 4.98 Å². The zero-order valence-corrected chi connectivity index (χ0v) is 19.8. The summed E-state index contributed by atoms with van der Waals surface area (Å²) in [6.07, 6.45) is -0.137. The summed E-state index contributed by atoms with van der Waals surface area (Å²) >= 11 is 1.09. The zero-order chi connectivity index (χ0) is 24.9. The Morgan fingerprint density at radius 3 is 2.32 bits per heavy atom. The Morgan fingerprint density at radius 2 is 1.74 bits per heavy atom. The summed E-state index contributed by atoms with van der Waals surface area (Å²) in [5, 5.41) is 4.75. The van der Waals surface area contributed by atoms with Crippen LogP contribution in [0.2, 0.25) is 0 Å². The number of nitrogens with one attached hydrogen (secondary N) is 1. The molecule has 1 aromatic heterocycles. The lowest BCUT2D eigenvalue weighted by Crippen LogP contribution is -2.23. The average molecular weight is 488 g/mol. The van der Waals surface area contributed by atoms with Crippen molar-refractivity contribution < 1.29 is 22.8 Å². The van der Waals surface area contributed by atoms with E-state index in [9.17, 15) is 22.8 Å². The van der Waals surface area contributed by atoms with Gasteiger partial charge >= 0.3 is 6.18 Å². The number of hydrogen-bond acceptors (Lipinski definition) is 4. The minimum absolute atomic E-state index is 0.0632. The van der Waals surface area contributed by atoms with Crippen LogP contribution in [0.5, 0.6) is 0 Å². The fraction of sp³-hybridized carbons (Fsp3) is 0.240. The maximum Gasteiger partial charge on any atom is 0.416 e. The highest BCUT2D eigenvalue weighted by Gasteiger charge is 2.31. The zero-order valence-electron chi connectivity index (χ0n) is 18.9. The number of para-hydroxylation sites is 1. The summed E-state index contributed by atoms with van der Waals surface area (Å²) in [6.45, 7) is 5.28. The number of halogens is 3. The van der Waals surface area contributed by atoms with Gasteiger partial charge in [0.05, 0.1) is 16.9 Å². The number of nitrogens with zero attached hydrogens (tertiary/aromatic N) is 2. The molecule has 5 nitrogen and oxygen atoms in total. The van der Waals surface area contributed by atoms with E-state index in [1.807, 2.05) is 32.0 Å². The maximum absolute atomic E-state index is 13.1. The molecule has 0 fully saturated rings. The van der Waals surface area contributed by atoms with Crippen LogP contribution in [0.25, 0.3) is 6.08 Å². The first-order chi connectivity index (χ1) is 16.1. The molecular weight excluding hydrogens is 463 g/mol. The number of alkyl halides is 3. The number of rotatable bonds is 7. The molecule has 178 valence electrons. The van der Waals surface area contributed by atoms with E-state index in [-0.39, 0.29) is 16.7 Å². The third-order valence-electron chi connectivity index (χ3n) is 5.10. The number of amides is 2. The smallest absolute Gasteiger partial charge is 0.322 e. The van der Waals surface area contributed by atoms with Crippen LogP contribution in [0.1, 0.15) is 43.2 Å². The number of hydrogen-bond donors (Lipinski definition) is 1. The molecule has 9 heteroatoms. The van der Waals surface area contributed by atoms with E-state index in [2.05, 4.69) is 10.3 Å². The highest BCUT2D eigenvalue weighted by atomic mass is 32.1. The molecule has 2 amide bonds. The predicted molar refractivity (Wildman–Crippen MR) is 129 cm³/mol. The second kappa shape index (κ2) is 10.6. The summed E-state index contributed by atoms with van der Waals surface area (Å²) < 4.78 is 39.3. The van der Waals surface area contributed by atoms with E-state index in [1.54, 1.807) is 5.38 Å². The SMILES string of the molecule is CCc1cccc(CC)c1NC(=O)/C=C/c1csc(N(C(C)=O)c2cccc(C(F)(F)F)c2)n1. The van der Waals surface area contributed by atoms with Gasteiger partial charge in [-0.3, -0.25) is 14.5 Å². The van der Waals surface area contributed by atoms with Gasteiger partial charge in [-0.1, -0.05) is 38.1 Å². The standard InChI is InChI=1S/C25H24F3N3O2S/c1-4-17-8-6-9-18(5-2)23(17)30-22(33)13-12-20-15-34-24(29-20)31(16(3)32)21-11-7-10-19(14-21)25(26,27)28/h6-15H,4-5H2,1-3H3,(H,30,33)/b13-12+. The van der Waals surface area contributed by atoms with Gasteiger partial charge in [-0.05, 0) is 48.2 Å². The largest absolute Gasteiger partial charge is 0.416 e. The summed E-state index contributed by atoms with van der Waals surface area (Å²) in [5.41, 5.74) is 2.49. The van der Waals surface area contributed by atoms with Crippen LogP contribution in [-0.2, 0) is 28.6 Å². The molecule has 2 aromatic carbocycles. The van der Waals surface area contributed by atoms with Crippen LogP contribution in [0.4, 0.5) is 29.7 Å². The van der Waals surface area contributed by atoms with Crippen LogP contribution in [0.15, 0.2) is 53.9 Å². The number of aromatic nitrogens is 1. The van der Waals surface area contributed by atoms with Crippen molar-refractivity contribution in [2.24, 2.45) is 0 Å². The Balaban J connectivity index is 1.81. The summed E-state index contributed by atoms with van der Waals surface area (Å²) in [7, 11) is 0. The molecule has 1 heterocycles. The Hall–Kier alpha value is -3.46. The van der Waals surface area contributed by atoms with Gasteiger partial charge < -0.3 is 5.32 Å². The number of benzene rings is 2. The molecule has 1 N–H and O–H groups in total. The van der Waals surface area contributed by atoms with Crippen LogP contribution in [0.3, 0.4) is 0 Å². The molecule has 0 aliphatic heterocycles. The van der Waals surface area contributed by atoms with Crippen LogP contribution in [0, 0.1) is 0 Å². The average Bonchev–Trinajstić information content (AvgIpc) is 3.25. The summed E-state index contributed by atoms with van der Waals surface area (Å²) in [4.78, 5) is 30.2. The lowest BCUT2D eigenvalue weighted by molar-refractivity contribution is -0.137. The lowest BCUT2D eigenvalue weighted by atomic mass is 10.0. The fourth-order valence-electron chi connectivity index (χ4n) is 3.43. The quantitative estimate of drug-likeness (QED) is 0.381. The number of carbonyl (C=O) groups excluding carboxylic acids is 2. The Kier molecular flexibility index (Phi) is 7.88. The monoisotopic (exact) mass is 487 g/mol. The van der Waals surface area contributed by atoms with Crippen molar-refractivity contribution in [1.29, 1.82) is 0 Å². The van der Waals surface area contributed by atoms with E-state index >= 15 is 0 Å². The van der Waals surface area contributed by atoms with Gasteiger partial charge in [-0.15, -0.1) is 11.3 Å². The molecule has 3 aromatic rings. The molecule has 0 saturated carbocycles. The van der Waals surface area contributed by atoms with Crippen molar-refractivity contribution in [2.45, 2.75) is 39.8 Å². The minimum Gasteiger partial charge on any atom is -0.322 e. The van der Waals surface area contributed by atoms with Crippen LogP contribution in [-0.4, -0.2) is 16.8 Å². The Bertz CT molecular complexity index is 1200. The van der Waals surface area contributed by atoms with E-state index in [0.717, 1.165) is 58.0 Å². The minimum atomic E-state index is -4.53. The molecule has 0 radical (unpaired) electrons. The molecule has 0 aliphatic carbocycles. The van der Waals surface area contributed by atoms with Gasteiger partial charge in [0.1, 0.15) is 0 Å². The van der Waals surface area contributed by atoms with Crippen molar-refractivity contribution in [3.8, 4) is 0 Å². The molecule has 0 aliphatic rings. The third-order valence-corrected chi connectivity index (χ3v) is 5.94. The van der Waals surface area contributed by atoms with E-state index in [4.69, 9.17) is 0 Å². The lowest BCUT2D eigenvalue weighted by Gasteiger charge is -2.19. The van der Waals surface area contributed by atoms with Crippen LogP contribution >= 0.6 is 11.3 Å². The fourth-order valence-corrected chi connectivity index (χ4v) is 4.29. The predicted octanol–water partition coefficient (Wildman–Crippen LogP) is 6.62. The van der Waals surface area contributed by atoms with Crippen molar-refractivity contribution >= 4 is 45.7 Å². The number of aryl methyl sites for hydroxylation is 2.